The average Bonchev–Trinajstić information content (AvgIpc) is 2.27. The van der Waals surface area contributed by atoms with E-state index in [0.29, 0.717) is 6.54 Å². The Morgan fingerprint density at radius 2 is 1.87 bits per heavy atom. The van der Waals surface area contributed by atoms with Crippen LogP contribution in [0.4, 0.5) is 0 Å². The maximum atomic E-state index is 8.77. The summed E-state index contributed by atoms with van der Waals surface area (Å²) in [5, 5.41) is 8.77. The van der Waals surface area contributed by atoms with Crippen LogP contribution in [0.5, 0.6) is 0 Å². The summed E-state index contributed by atoms with van der Waals surface area (Å²) in [7, 11) is 0. The summed E-state index contributed by atoms with van der Waals surface area (Å²) in [4.78, 5) is 0. The molecule has 0 aliphatic rings. The quantitative estimate of drug-likeness (QED) is 0.538. The molecule has 0 aliphatic carbocycles. The number of hydrogen-bond donors (Lipinski definition) is 1. The van der Waals surface area contributed by atoms with Crippen LogP contribution in [0, 0.1) is 0 Å². The number of nitrogens with zero attached hydrogens (tertiary/aromatic N) is 1. The molecule has 0 bridgehead atoms. The predicted octanol–water partition coefficient (Wildman–Crippen LogP) is 2.09. The lowest BCUT2D eigenvalue weighted by molar-refractivity contribution is -0.698. The second-order valence-corrected chi connectivity index (χ2v) is 3.98. The third-order valence-electron chi connectivity index (χ3n) is 2.64. The highest BCUT2D eigenvalue weighted by atomic mass is 16.3. The Hall–Kier alpha value is -0.890. The highest BCUT2D eigenvalue weighted by molar-refractivity contribution is 5.07. The van der Waals surface area contributed by atoms with Gasteiger partial charge in [-0.1, -0.05) is 26.2 Å². The van der Waals surface area contributed by atoms with Crippen molar-refractivity contribution >= 4 is 0 Å². The van der Waals surface area contributed by atoms with E-state index in [1.807, 2.05) is 17.0 Å². The second kappa shape index (κ2) is 7.41. The van der Waals surface area contributed by atoms with Crippen molar-refractivity contribution in [2.45, 2.75) is 45.6 Å². The molecule has 0 spiro atoms. The highest BCUT2D eigenvalue weighted by Crippen LogP contribution is 2.05. The van der Waals surface area contributed by atoms with Gasteiger partial charge in [0.25, 0.3) is 0 Å². The zero-order valence-electron chi connectivity index (χ0n) is 9.65. The van der Waals surface area contributed by atoms with Gasteiger partial charge >= 0.3 is 0 Å². The van der Waals surface area contributed by atoms with Crippen LogP contribution in [0.2, 0.25) is 0 Å². The van der Waals surface area contributed by atoms with Crippen LogP contribution in [-0.4, -0.2) is 11.7 Å². The van der Waals surface area contributed by atoms with E-state index in [1.165, 1.54) is 37.7 Å². The Balaban J connectivity index is 2.29. The van der Waals surface area contributed by atoms with Crippen molar-refractivity contribution in [3.05, 3.63) is 30.1 Å². The minimum absolute atomic E-state index is 0.209. The normalized spacial score (nSPS) is 10.5. The smallest absolute Gasteiger partial charge is 0.171 e. The van der Waals surface area contributed by atoms with Crippen molar-refractivity contribution in [1.29, 1.82) is 0 Å². The van der Waals surface area contributed by atoms with E-state index in [1.54, 1.807) is 0 Å². The molecule has 0 atom stereocenters. The van der Waals surface area contributed by atoms with E-state index in [9.17, 15) is 0 Å². The van der Waals surface area contributed by atoms with Gasteiger partial charge in [0.1, 0.15) is 6.61 Å². The number of rotatable bonds is 7. The molecule has 1 aromatic heterocycles. The Morgan fingerprint density at radius 1 is 1.13 bits per heavy atom. The first-order valence-electron chi connectivity index (χ1n) is 5.95. The molecule has 0 saturated heterocycles. The lowest BCUT2D eigenvalue weighted by atomic mass is 10.1. The van der Waals surface area contributed by atoms with E-state index < -0.39 is 0 Å². The number of aliphatic hydroxyl groups is 1. The van der Waals surface area contributed by atoms with Gasteiger partial charge in [0, 0.05) is 12.1 Å². The van der Waals surface area contributed by atoms with E-state index in [-0.39, 0.29) is 6.61 Å². The second-order valence-electron chi connectivity index (χ2n) is 3.98. The number of hydrogen-bond acceptors (Lipinski definition) is 1. The van der Waals surface area contributed by atoms with Crippen LogP contribution in [0.1, 0.15) is 38.2 Å². The van der Waals surface area contributed by atoms with Crippen LogP contribution in [-0.2, 0) is 13.0 Å². The molecule has 0 unspecified atom stereocenters. The largest absolute Gasteiger partial charge is 0.390 e. The van der Waals surface area contributed by atoms with Gasteiger partial charge in [-0.15, -0.1) is 0 Å². The molecule has 1 rings (SSSR count). The molecule has 0 aliphatic heterocycles. The van der Waals surface area contributed by atoms with Gasteiger partial charge < -0.3 is 5.11 Å². The number of pyridine rings is 1. The Labute approximate surface area is 92.6 Å². The van der Waals surface area contributed by atoms with Crippen molar-refractivity contribution in [3.63, 3.8) is 0 Å². The molecule has 0 aromatic carbocycles. The van der Waals surface area contributed by atoms with E-state index in [0.717, 1.165) is 0 Å². The maximum absolute atomic E-state index is 8.77. The van der Waals surface area contributed by atoms with Gasteiger partial charge in [0.15, 0.2) is 18.9 Å². The summed E-state index contributed by atoms with van der Waals surface area (Å²) in [6.07, 6.45) is 10.5. The van der Waals surface area contributed by atoms with Crippen LogP contribution >= 0.6 is 0 Å². The number of unbranched alkanes of at least 4 members (excludes halogenated alkanes) is 3. The molecule has 2 heteroatoms. The van der Waals surface area contributed by atoms with Gasteiger partial charge in [-0.2, -0.15) is 0 Å². The lowest BCUT2D eigenvalue weighted by Crippen LogP contribution is -2.34. The van der Waals surface area contributed by atoms with E-state index in [2.05, 4.69) is 19.1 Å². The first-order valence-corrected chi connectivity index (χ1v) is 5.95. The lowest BCUT2D eigenvalue weighted by Gasteiger charge is -2.00. The first kappa shape index (κ1) is 12.2. The number of aromatic nitrogens is 1. The topological polar surface area (TPSA) is 24.1 Å². The minimum Gasteiger partial charge on any atom is -0.390 e. The third-order valence-corrected chi connectivity index (χ3v) is 2.64. The fraction of sp³-hybridized carbons (Fsp3) is 0.615. The zero-order valence-corrected chi connectivity index (χ0v) is 9.65. The molecule has 0 fully saturated rings. The van der Waals surface area contributed by atoms with Crippen molar-refractivity contribution in [2.24, 2.45) is 0 Å². The van der Waals surface area contributed by atoms with Crippen molar-refractivity contribution in [2.75, 3.05) is 6.61 Å². The number of aliphatic hydroxyl groups excluding tert-OH is 1. The monoisotopic (exact) mass is 208 g/mol. The Morgan fingerprint density at radius 3 is 2.47 bits per heavy atom. The van der Waals surface area contributed by atoms with Gasteiger partial charge in [-0.3, -0.25) is 0 Å². The molecule has 15 heavy (non-hydrogen) atoms. The molecule has 1 aromatic rings. The SMILES string of the molecule is CCCCCCc1cc[n+](CCO)cc1. The van der Waals surface area contributed by atoms with Crippen molar-refractivity contribution in [3.8, 4) is 0 Å². The van der Waals surface area contributed by atoms with E-state index in [4.69, 9.17) is 5.11 Å². The van der Waals surface area contributed by atoms with Gasteiger partial charge in [0.2, 0.25) is 0 Å². The van der Waals surface area contributed by atoms with Gasteiger partial charge in [-0.05, 0) is 18.4 Å². The molecule has 0 radical (unpaired) electrons. The number of aryl methyl sites for hydroxylation is 1. The Bertz CT molecular complexity index is 256. The molecule has 1 heterocycles. The summed E-state index contributed by atoms with van der Waals surface area (Å²) in [6.45, 7) is 3.14. The average molecular weight is 208 g/mol. The van der Waals surface area contributed by atoms with Crippen LogP contribution < -0.4 is 4.57 Å². The van der Waals surface area contributed by atoms with Crippen molar-refractivity contribution < 1.29 is 9.67 Å². The van der Waals surface area contributed by atoms with Crippen molar-refractivity contribution in [1.82, 2.24) is 0 Å². The maximum Gasteiger partial charge on any atom is 0.171 e. The zero-order chi connectivity index (χ0) is 10.9. The Kier molecular flexibility index (Phi) is 6.02. The van der Waals surface area contributed by atoms with Crippen LogP contribution in [0.3, 0.4) is 0 Å². The molecule has 84 valence electrons. The fourth-order valence-electron chi connectivity index (χ4n) is 1.68. The summed E-state index contributed by atoms with van der Waals surface area (Å²) >= 11 is 0. The summed E-state index contributed by atoms with van der Waals surface area (Å²) in [5.74, 6) is 0. The standard InChI is InChI=1S/C13H22NO/c1-2-3-4-5-6-13-7-9-14(10-8-13)11-12-15/h7-10,15H,2-6,11-12H2,1H3/q+1. The summed E-state index contributed by atoms with van der Waals surface area (Å²) < 4.78 is 2.01. The van der Waals surface area contributed by atoms with E-state index >= 15 is 0 Å². The summed E-state index contributed by atoms with van der Waals surface area (Å²) in [6, 6.07) is 4.31. The molecule has 2 nitrogen and oxygen atoms in total. The first-order chi connectivity index (χ1) is 7.36. The molecular weight excluding hydrogens is 186 g/mol. The van der Waals surface area contributed by atoms with Crippen LogP contribution in [0.15, 0.2) is 24.5 Å². The summed E-state index contributed by atoms with van der Waals surface area (Å²) in [5.41, 5.74) is 1.40. The molecular formula is C13H22NO+. The molecule has 1 N–H and O–H groups in total. The highest BCUT2D eigenvalue weighted by Gasteiger charge is 1.99. The molecule has 0 saturated carbocycles. The molecule has 0 amide bonds. The van der Waals surface area contributed by atoms with Gasteiger partial charge in [0.05, 0.1) is 0 Å². The third kappa shape index (κ3) is 4.93. The fourth-order valence-corrected chi connectivity index (χ4v) is 1.68. The minimum atomic E-state index is 0.209. The van der Waals surface area contributed by atoms with Crippen LogP contribution in [0.25, 0.3) is 0 Å². The van der Waals surface area contributed by atoms with Gasteiger partial charge in [-0.25, -0.2) is 4.57 Å². The predicted molar refractivity (Wildman–Crippen MR) is 61.6 cm³/mol.